The number of nitrogens with one attached hydrogen (secondary N) is 6. The lowest BCUT2D eigenvalue weighted by Crippen LogP contribution is -2.59. The summed E-state index contributed by atoms with van der Waals surface area (Å²) in [5.41, 5.74) is -0.0178. The minimum absolute atomic E-state index is 0.00890. The molecule has 16 nitrogen and oxygen atoms in total. The molecule has 2 aromatic rings. The van der Waals surface area contributed by atoms with Crippen LogP contribution in [-0.4, -0.2) is 92.0 Å². The van der Waals surface area contributed by atoms with Crippen molar-refractivity contribution in [3.8, 4) is 0 Å². The van der Waals surface area contributed by atoms with Gasteiger partial charge in [-0.2, -0.15) is 0 Å². The van der Waals surface area contributed by atoms with E-state index >= 15 is 0 Å². The minimum atomic E-state index is -1.41. The van der Waals surface area contributed by atoms with E-state index in [2.05, 4.69) is 41.9 Å². The Morgan fingerprint density at radius 3 is 1.09 bits per heavy atom. The van der Waals surface area contributed by atoms with Gasteiger partial charge in [0.05, 0.1) is 24.3 Å². The van der Waals surface area contributed by atoms with Crippen LogP contribution in [0.25, 0.3) is 0 Å². The van der Waals surface area contributed by atoms with Crippen molar-refractivity contribution in [3.05, 3.63) is 32.2 Å². The topological polar surface area (TPSA) is 241 Å². The molecule has 6 amide bonds. The number of aromatic nitrogens is 2. The summed E-state index contributed by atoms with van der Waals surface area (Å²) in [6.07, 6.45) is -1.68. The van der Waals surface area contributed by atoms with Crippen LogP contribution in [0.5, 0.6) is 0 Å². The average molecular weight is 793 g/mol. The number of thiazole rings is 2. The number of aliphatic hydroxyl groups is 2. The molecule has 8 N–H and O–H groups in total. The van der Waals surface area contributed by atoms with E-state index in [0.717, 1.165) is 22.7 Å². The third kappa shape index (κ3) is 11.0. The highest BCUT2D eigenvalue weighted by Gasteiger charge is 2.37. The Hall–Kier alpha value is -4.00. The highest BCUT2D eigenvalue weighted by molar-refractivity contribution is 7.10. The molecule has 0 saturated carbocycles. The third-order valence-corrected chi connectivity index (χ3v) is 11.5. The largest absolute Gasteiger partial charge is 0.391 e. The Labute approximate surface area is 324 Å². The maximum Gasteiger partial charge on any atom is 0.271 e. The Balaban J connectivity index is 2.13. The van der Waals surface area contributed by atoms with Crippen LogP contribution in [-0.2, 0) is 19.2 Å². The molecule has 300 valence electrons. The van der Waals surface area contributed by atoms with Gasteiger partial charge in [-0.25, -0.2) is 9.97 Å². The van der Waals surface area contributed by atoms with Gasteiger partial charge in [-0.05, 0) is 37.5 Å². The number of carbonyl (C=O) groups is 6. The summed E-state index contributed by atoms with van der Waals surface area (Å²) in [5.74, 6) is -5.36. The molecule has 0 spiro atoms. The quantitative estimate of drug-likeness (QED) is 0.193. The van der Waals surface area contributed by atoms with E-state index in [1.165, 1.54) is 24.6 Å². The fourth-order valence-electron chi connectivity index (χ4n) is 5.71. The van der Waals surface area contributed by atoms with E-state index < -0.39 is 83.9 Å². The van der Waals surface area contributed by atoms with Gasteiger partial charge in [-0.15, -0.1) is 22.7 Å². The van der Waals surface area contributed by atoms with Crippen molar-refractivity contribution in [1.29, 1.82) is 0 Å². The fraction of sp³-hybridized carbons (Fsp3) is 0.667. The first-order valence-electron chi connectivity index (χ1n) is 18.4. The minimum Gasteiger partial charge on any atom is -0.391 e. The van der Waals surface area contributed by atoms with Crippen LogP contribution in [0.15, 0.2) is 10.8 Å². The van der Waals surface area contributed by atoms with Gasteiger partial charge in [0.1, 0.15) is 45.6 Å². The summed E-state index contributed by atoms with van der Waals surface area (Å²) < 4.78 is 0. The summed E-state index contributed by atoms with van der Waals surface area (Å²) in [6.45, 7) is 17.3. The van der Waals surface area contributed by atoms with Crippen LogP contribution >= 0.6 is 22.7 Å². The lowest BCUT2D eigenvalue weighted by atomic mass is 9.97. The third-order valence-electron chi connectivity index (χ3n) is 9.66. The SMILES string of the molecule is CCC(C)[C@@H]1NC(=O)c2csc(n2)[C@@H](C(C)C)NC(=O)[C@H]([C@@H](C)O)NC(=O)[C@H](C(C)CC)NC(=O)c2csc(n2)[C@@H](C(C)C)NC(=O)[C@H]([C@@H](C)O)NC1=O. The first-order valence-corrected chi connectivity index (χ1v) is 20.2. The smallest absolute Gasteiger partial charge is 0.271 e. The molecule has 0 radical (unpaired) electrons. The number of amides is 6. The predicted octanol–water partition coefficient (Wildman–Crippen LogP) is 1.96. The molecule has 2 unspecified atom stereocenters. The first kappa shape index (κ1) is 44.4. The fourth-order valence-corrected chi connectivity index (χ4v) is 7.76. The number of nitrogens with zero attached hydrogens (tertiary/aromatic N) is 2. The lowest BCUT2D eigenvalue weighted by Gasteiger charge is -2.29. The van der Waals surface area contributed by atoms with Gasteiger partial charge in [-0.1, -0.05) is 68.2 Å². The Bertz CT molecular complexity index is 1520. The van der Waals surface area contributed by atoms with Crippen molar-refractivity contribution < 1.29 is 39.0 Å². The lowest BCUT2D eigenvalue weighted by molar-refractivity contribution is -0.133. The van der Waals surface area contributed by atoms with Crippen LogP contribution in [0.4, 0.5) is 0 Å². The van der Waals surface area contributed by atoms with Crippen LogP contribution < -0.4 is 31.9 Å². The van der Waals surface area contributed by atoms with E-state index in [1.807, 2.05) is 41.5 Å². The molecule has 1 aliphatic rings. The van der Waals surface area contributed by atoms with Crippen molar-refractivity contribution in [2.45, 2.75) is 131 Å². The molecule has 0 fully saturated rings. The van der Waals surface area contributed by atoms with Crippen molar-refractivity contribution in [3.63, 3.8) is 0 Å². The van der Waals surface area contributed by atoms with Gasteiger partial charge in [0, 0.05) is 10.8 Å². The normalized spacial score (nSPS) is 26.3. The molecule has 3 rings (SSSR count). The van der Waals surface area contributed by atoms with Crippen molar-refractivity contribution >= 4 is 58.1 Å². The second kappa shape index (κ2) is 19.5. The van der Waals surface area contributed by atoms with E-state index in [0.29, 0.717) is 22.9 Å². The summed E-state index contributed by atoms with van der Waals surface area (Å²) in [7, 11) is 0. The van der Waals surface area contributed by atoms with Crippen LogP contribution in [0.3, 0.4) is 0 Å². The zero-order valence-corrected chi connectivity index (χ0v) is 34.2. The predicted molar refractivity (Wildman–Crippen MR) is 204 cm³/mol. The highest BCUT2D eigenvalue weighted by atomic mass is 32.1. The number of fused-ring (bicyclic) bond motifs is 4. The molecule has 0 aliphatic carbocycles. The molecule has 54 heavy (non-hydrogen) atoms. The van der Waals surface area contributed by atoms with Gasteiger partial charge in [0.15, 0.2) is 0 Å². The van der Waals surface area contributed by atoms with Crippen molar-refractivity contribution in [2.24, 2.45) is 23.7 Å². The summed E-state index contributed by atoms with van der Waals surface area (Å²) in [5, 5.41) is 41.5. The van der Waals surface area contributed by atoms with Crippen molar-refractivity contribution in [2.75, 3.05) is 0 Å². The van der Waals surface area contributed by atoms with Crippen LogP contribution in [0, 0.1) is 23.7 Å². The van der Waals surface area contributed by atoms with Gasteiger partial charge in [0.25, 0.3) is 11.8 Å². The average Bonchev–Trinajstić information content (AvgIpc) is 3.81. The number of hydrogen-bond donors (Lipinski definition) is 8. The number of aliphatic hydroxyl groups excluding tert-OH is 2. The second-order valence-corrected chi connectivity index (χ2v) is 16.5. The van der Waals surface area contributed by atoms with E-state index in [-0.39, 0.29) is 35.1 Å². The molecular weight excluding hydrogens is 737 g/mol. The van der Waals surface area contributed by atoms with E-state index in [1.54, 1.807) is 13.8 Å². The van der Waals surface area contributed by atoms with Gasteiger partial charge in [-0.3, -0.25) is 28.8 Å². The number of rotatable bonds is 8. The summed E-state index contributed by atoms with van der Waals surface area (Å²) in [4.78, 5) is 90.9. The molecule has 4 bridgehead atoms. The zero-order chi connectivity index (χ0) is 40.6. The number of carbonyl (C=O) groups excluding carboxylic acids is 6. The standard InChI is InChI=1S/C36H56N8O8S2/c1-11-17(7)25-31(49)43-27(19(9)45)33(51)39-24(16(5)6)36-38-22(14-54-36)30(48)42-26(18(8)12-2)32(50)44-28(20(10)46)34(52)40-23(15(3)4)35-37-21(13-53-35)29(47)41-25/h13-20,23-28,45-46H,11-12H2,1-10H3,(H,39,51)(H,40,52)(H,41,47)(H,42,48)(H,43,49)(H,44,50)/t17?,18?,19-,20-,23-,24-,25+,26+,27+,28+/m1/s1. The van der Waals surface area contributed by atoms with E-state index in [9.17, 15) is 39.0 Å². The molecule has 1 aliphatic heterocycles. The van der Waals surface area contributed by atoms with E-state index in [4.69, 9.17) is 0 Å². The van der Waals surface area contributed by atoms with Crippen LogP contribution in [0.2, 0.25) is 0 Å². The van der Waals surface area contributed by atoms with Gasteiger partial charge < -0.3 is 42.1 Å². The molecular formula is C36H56N8O8S2. The van der Waals surface area contributed by atoms with Crippen molar-refractivity contribution in [1.82, 2.24) is 41.9 Å². The Morgan fingerprint density at radius 2 is 0.815 bits per heavy atom. The molecule has 0 saturated heterocycles. The maximum absolute atomic E-state index is 13.7. The monoisotopic (exact) mass is 792 g/mol. The molecule has 2 aromatic heterocycles. The Morgan fingerprint density at radius 1 is 0.519 bits per heavy atom. The Kier molecular flexibility index (Phi) is 16.1. The summed E-state index contributed by atoms with van der Waals surface area (Å²) >= 11 is 2.22. The van der Waals surface area contributed by atoms with Gasteiger partial charge >= 0.3 is 0 Å². The molecule has 0 aromatic carbocycles. The molecule has 10 atom stereocenters. The maximum atomic E-state index is 13.7. The highest BCUT2D eigenvalue weighted by Crippen LogP contribution is 2.27. The zero-order valence-electron chi connectivity index (χ0n) is 32.6. The summed E-state index contributed by atoms with van der Waals surface area (Å²) in [6, 6.07) is -6.49. The second-order valence-electron chi connectivity index (χ2n) is 14.7. The first-order chi connectivity index (χ1) is 25.3. The number of hydrogen-bond acceptors (Lipinski definition) is 12. The molecule has 18 heteroatoms. The van der Waals surface area contributed by atoms with Gasteiger partial charge in [0.2, 0.25) is 23.6 Å². The molecule has 3 heterocycles. The van der Waals surface area contributed by atoms with Crippen LogP contribution in [0.1, 0.15) is 125 Å².